The van der Waals surface area contributed by atoms with Gasteiger partial charge < -0.3 is 9.47 Å². The van der Waals surface area contributed by atoms with Gasteiger partial charge in [-0.05, 0) is 12.1 Å². The number of rotatable bonds is 3. The van der Waals surface area contributed by atoms with Crippen molar-refractivity contribution >= 4 is 11.6 Å². The largest absolute Gasteiger partial charge is 0.489 e. The van der Waals surface area contributed by atoms with Crippen LogP contribution in [0.15, 0.2) is 30.3 Å². The van der Waals surface area contributed by atoms with E-state index >= 15 is 0 Å². The van der Waals surface area contributed by atoms with E-state index in [1.54, 1.807) is 0 Å². The van der Waals surface area contributed by atoms with E-state index in [4.69, 9.17) is 21.1 Å². The van der Waals surface area contributed by atoms with Crippen molar-refractivity contribution in [2.75, 3.05) is 13.2 Å². The molecule has 1 heterocycles. The van der Waals surface area contributed by atoms with Crippen LogP contribution in [0.1, 0.15) is 0 Å². The molecular formula is C9H9ClO2. The van der Waals surface area contributed by atoms with Gasteiger partial charge in [-0.25, -0.2) is 0 Å². The summed E-state index contributed by atoms with van der Waals surface area (Å²) in [5.74, 6) is 0.827. The quantitative estimate of drug-likeness (QED) is 0.530. The average molecular weight is 185 g/mol. The Morgan fingerprint density at radius 2 is 2.08 bits per heavy atom. The Morgan fingerprint density at radius 3 is 2.67 bits per heavy atom. The van der Waals surface area contributed by atoms with Gasteiger partial charge in [0.05, 0.1) is 6.61 Å². The third-order valence-electron chi connectivity index (χ3n) is 1.66. The van der Waals surface area contributed by atoms with E-state index in [0.29, 0.717) is 13.2 Å². The highest BCUT2D eigenvalue weighted by atomic mass is 35.5. The van der Waals surface area contributed by atoms with Crippen molar-refractivity contribution in [3.05, 3.63) is 30.3 Å². The van der Waals surface area contributed by atoms with Gasteiger partial charge in [0.15, 0.2) is 5.06 Å². The molecule has 0 amide bonds. The summed E-state index contributed by atoms with van der Waals surface area (Å²) >= 11 is 5.85. The van der Waals surface area contributed by atoms with E-state index in [2.05, 4.69) is 0 Å². The number of ether oxygens (including phenoxy) is 2. The molecule has 1 unspecified atom stereocenters. The highest BCUT2D eigenvalue weighted by Crippen LogP contribution is 2.32. The third-order valence-corrected chi connectivity index (χ3v) is 1.98. The fraction of sp³-hybridized carbons (Fsp3) is 0.333. The first-order valence-corrected chi connectivity index (χ1v) is 4.17. The molecule has 1 aliphatic heterocycles. The summed E-state index contributed by atoms with van der Waals surface area (Å²) in [6, 6.07) is 9.57. The van der Waals surface area contributed by atoms with Gasteiger partial charge in [-0.3, -0.25) is 0 Å². The molecule has 0 bridgehead atoms. The molecule has 1 saturated heterocycles. The van der Waals surface area contributed by atoms with Crippen molar-refractivity contribution in [3.63, 3.8) is 0 Å². The Balaban J connectivity index is 1.88. The molecule has 0 spiro atoms. The molecule has 1 atom stereocenters. The third kappa shape index (κ3) is 1.90. The van der Waals surface area contributed by atoms with Gasteiger partial charge in [0.1, 0.15) is 12.4 Å². The van der Waals surface area contributed by atoms with E-state index in [9.17, 15) is 0 Å². The van der Waals surface area contributed by atoms with Crippen LogP contribution in [0.3, 0.4) is 0 Å². The van der Waals surface area contributed by atoms with Crippen LogP contribution >= 0.6 is 11.6 Å². The number of halogens is 1. The smallest absolute Gasteiger partial charge is 0.198 e. The molecule has 12 heavy (non-hydrogen) atoms. The number of epoxide rings is 1. The highest BCUT2D eigenvalue weighted by Gasteiger charge is 2.43. The van der Waals surface area contributed by atoms with Crippen molar-refractivity contribution in [3.8, 4) is 5.75 Å². The SMILES string of the molecule is ClC1(COc2ccccc2)CO1. The monoisotopic (exact) mass is 184 g/mol. The van der Waals surface area contributed by atoms with E-state index in [0.717, 1.165) is 5.75 Å². The van der Waals surface area contributed by atoms with Crippen LogP contribution in [0, 0.1) is 0 Å². The van der Waals surface area contributed by atoms with E-state index in [1.807, 2.05) is 30.3 Å². The molecule has 64 valence electrons. The Morgan fingerprint density at radius 1 is 1.42 bits per heavy atom. The van der Waals surface area contributed by atoms with Gasteiger partial charge in [0, 0.05) is 0 Å². The standard InChI is InChI=1S/C9H9ClO2/c10-9(7-12-9)6-11-8-4-2-1-3-5-8/h1-5H,6-7H2. The summed E-state index contributed by atoms with van der Waals surface area (Å²) in [6.45, 7) is 1.000. The van der Waals surface area contributed by atoms with Gasteiger partial charge in [-0.1, -0.05) is 29.8 Å². The lowest BCUT2D eigenvalue weighted by molar-refractivity contribution is 0.241. The minimum Gasteiger partial charge on any atom is -0.489 e. The van der Waals surface area contributed by atoms with Crippen LogP contribution in [0.5, 0.6) is 5.75 Å². The van der Waals surface area contributed by atoms with Crippen LogP contribution in [0.2, 0.25) is 0 Å². The molecule has 3 heteroatoms. The van der Waals surface area contributed by atoms with Crippen LogP contribution in [-0.2, 0) is 4.74 Å². The molecule has 0 radical (unpaired) electrons. The van der Waals surface area contributed by atoms with Crippen molar-refractivity contribution in [1.29, 1.82) is 0 Å². The fourth-order valence-electron chi connectivity index (χ4n) is 0.869. The molecule has 0 saturated carbocycles. The van der Waals surface area contributed by atoms with Crippen molar-refractivity contribution in [1.82, 2.24) is 0 Å². The summed E-state index contributed by atoms with van der Waals surface area (Å²) in [7, 11) is 0. The van der Waals surface area contributed by atoms with Crippen LogP contribution in [-0.4, -0.2) is 18.3 Å². The first-order chi connectivity index (χ1) is 5.79. The summed E-state index contributed by atoms with van der Waals surface area (Å²) in [5, 5.41) is -0.546. The Hall–Kier alpha value is -0.730. The Labute approximate surface area is 76.1 Å². The predicted molar refractivity (Wildman–Crippen MR) is 46.5 cm³/mol. The first kappa shape index (κ1) is 7.90. The second-order valence-corrected chi connectivity index (χ2v) is 3.46. The molecule has 1 aromatic rings. The van der Waals surface area contributed by atoms with Crippen LogP contribution in [0.4, 0.5) is 0 Å². The lowest BCUT2D eigenvalue weighted by atomic mass is 10.3. The zero-order chi connectivity index (χ0) is 8.44. The molecule has 1 fully saturated rings. The molecule has 2 nitrogen and oxygen atoms in total. The van der Waals surface area contributed by atoms with E-state index in [1.165, 1.54) is 0 Å². The number of hydrogen-bond acceptors (Lipinski definition) is 2. The van der Waals surface area contributed by atoms with Crippen molar-refractivity contribution < 1.29 is 9.47 Å². The molecule has 0 aromatic heterocycles. The first-order valence-electron chi connectivity index (χ1n) is 3.79. The number of alkyl halides is 1. The van der Waals surface area contributed by atoms with E-state index < -0.39 is 5.06 Å². The minimum absolute atomic E-state index is 0.415. The fourth-order valence-corrected chi connectivity index (χ4v) is 0.979. The molecule has 1 aliphatic rings. The van der Waals surface area contributed by atoms with Crippen molar-refractivity contribution in [2.24, 2.45) is 0 Å². The zero-order valence-corrected chi connectivity index (χ0v) is 7.25. The normalized spacial score (nSPS) is 26.8. The number of benzene rings is 1. The van der Waals surface area contributed by atoms with E-state index in [-0.39, 0.29) is 0 Å². The molecule has 0 aliphatic carbocycles. The summed E-state index contributed by atoms with van der Waals surface area (Å²) in [6.07, 6.45) is 0. The van der Waals surface area contributed by atoms with Gasteiger partial charge in [-0.2, -0.15) is 0 Å². The predicted octanol–water partition coefficient (Wildman–Crippen LogP) is 2.03. The maximum absolute atomic E-state index is 5.85. The Kier molecular flexibility index (Phi) is 1.95. The Bertz CT molecular complexity index is 256. The maximum atomic E-state index is 5.85. The molecule has 0 N–H and O–H groups in total. The summed E-state index contributed by atoms with van der Waals surface area (Å²) < 4.78 is 10.3. The lowest BCUT2D eigenvalue weighted by Crippen LogP contribution is -2.13. The number of para-hydroxylation sites is 1. The molecule has 2 rings (SSSR count). The second kappa shape index (κ2) is 2.96. The summed E-state index contributed by atoms with van der Waals surface area (Å²) in [5.41, 5.74) is 0. The van der Waals surface area contributed by atoms with Gasteiger partial charge in [0.2, 0.25) is 0 Å². The molecule has 1 aromatic carbocycles. The maximum Gasteiger partial charge on any atom is 0.198 e. The van der Waals surface area contributed by atoms with Gasteiger partial charge in [0.25, 0.3) is 0 Å². The molecular weight excluding hydrogens is 176 g/mol. The minimum atomic E-state index is -0.546. The lowest BCUT2D eigenvalue weighted by Gasteiger charge is -2.06. The number of hydrogen-bond donors (Lipinski definition) is 0. The zero-order valence-electron chi connectivity index (χ0n) is 6.50. The highest BCUT2D eigenvalue weighted by molar-refractivity contribution is 6.24. The second-order valence-electron chi connectivity index (χ2n) is 2.77. The van der Waals surface area contributed by atoms with Crippen LogP contribution in [0.25, 0.3) is 0 Å². The van der Waals surface area contributed by atoms with Crippen molar-refractivity contribution in [2.45, 2.75) is 5.06 Å². The van der Waals surface area contributed by atoms with Gasteiger partial charge >= 0.3 is 0 Å². The van der Waals surface area contributed by atoms with Crippen LogP contribution < -0.4 is 4.74 Å². The van der Waals surface area contributed by atoms with Gasteiger partial charge in [-0.15, -0.1) is 0 Å². The topological polar surface area (TPSA) is 21.8 Å². The average Bonchev–Trinajstić information content (AvgIpc) is 2.84. The summed E-state index contributed by atoms with van der Waals surface area (Å²) in [4.78, 5) is 0.